The summed E-state index contributed by atoms with van der Waals surface area (Å²) < 4.78 is 6.94. The van der Waals surface area contributed by atoms with E-state index in [-0.39, 0.29) is 39.1 Å². The lowest BCUT2D eigenvalue weighted by Gasteiger charge is -2.38. The van der Waals surface area contributed by atoms with Gasteiger partial charge in [-0.05, 0) is 39.8 Å². The van der Waals surface area contributed by atoms with Crippen molar-refractivity contribution in [3.05, 3.63) is 45.0 Å². The van der Waals surface area contributed by atoms with Crippen LogP contribution in [-0.2, 0) is 4.74 Å². The average Bonchev–Trinajstić information content (AvgIpc) is 2.82. The van der Waals surface area contributed by atoms with Crippen molar-refractivity contribution in [1.29, 1.82) is 5.26 Å². The molecule has 1 atom stereocenters. The van der Waals surface area contributed by atoms with Gasteiger partial charge in [0, 0.05) is 13.1 Å². The number of hydrogen-bond acceptors (Lipinski definition) is 11. The van der Waals surface area contributed by atoms with Gasteiger partial charge in [-0.1, -0.05) is 17.7 Å². The number of rotatable bonds is 4. The molecule has 1 saturated heterocycles. The maximum Gasteiger partial charge on any atom is 0.410 e. The van der Waals surface area contributed by atoms with E-state index in [4.69, 9.17) is 32.8 Å². The lowest BCUT2D eigenvalue weighted by atomic mass is 10.2. The van der Waals surface area contributed by atoms with Crippen LogP contribution in [-0.4, -0.2) is 62.4 Å². The van der Waals surface area contributed by atoms with Crippen LogP contribution in [0.4, 0.5) is 22.4 Å². The van der Waals surface area contributed by atoms with Crippen LogP contribution in [0.25, 0.3) is 10.9 Å². The Morgan fingerprint density at radius 2 is 1.87 bits per heavy atom. The van der Waals surface area contributed by atoms with E-state index in [1.807, 2.05) is 26.8 Å². The van der Waals surface area contributed by atoms with E-state index in [2.05, 4.69) is 15.3 Å². The molecule has 0 unspecified atom stereocenters. The minimum atomic E-state index is -0.629. The highest BCUT2D eigenvalue weighted by molar-refractivity contribution is 6.35. The van der Waals surface area contributed by atoms with Crippen molar-refractivity contribution in [3.63, 3.8) is 0 Å². The molecule has 0 bridgehead atoms. The first kappa shape index (κ1) is 26.7. The van der Waals surface area contributed by atoms with Gasteiger partial charge in [-0.15, -0.1) is 0 Å². The number of nitrogens with zero attached hydrogens (tertiary/aromatic N) is 7. The van der Waals surface area contributed by atoms with Gasteiger partial charge in [0.1, 0.15) is 23.1 Å². The first-order valence-corrected chi connectivity index (χ1v) is 12.3. The number of carbonyl (C=O) groups is 1. The molecule has 5 N–H and O–H groups in total. The molecule has 0 saturated carbocycles. The molecular formula is C24H29ClN10O3. The van der Waals surface area contributed by atoms with E-state index in [0.717, 1.165) is 0 Å². The second-order valence-electron chi connectivity index (χ2n) is 9.81. The number of amides is 1. The number of anilines is 3. The summed E-state index contributed by atoms with van der Waals surface area (Å²) in [4.78, 5) is 40.7. The number of halogens is 1. The second kappa shape index (κ2) is 10.2. The van der Waals surface area contributed by atoms with Crippen LogP contribution in [0.3, 0.4) is 0 Å². The Hall–Kier alpha value is -4.31. The van der Waals surface area contributed by atoms with Gasteiger partial charge in [-0.25, -0.2) is 14.5 Å². The predicted molar refractivity (Wildman–Crippen MR) is 144 cm³/mol. The zero-order valence-electron chi connectivity index (χ0n) is 21.5. The molecule has 3 heterocycles. The Bertz CT molecular complexity index is 1490. The molecule has 3 aromatic rings. The third-order valence-electron chi connectivity index (χ3n) is 5.85. The summed E-state index contributed by atoms with van der Waals surface area (Å²) >= 11 is 6.40. The quantitative estimate of drug-likeness (QED) is 0.441. The fourth-order valence-electron chi connectivity index (χ4n) is 4.14. The monoisotopic (exact) mass is 540 g/mol. The molecule has 1 amide bonds. The zero-order valence-corrected chi connectivity index (χ0v) is 22.3. The minimum Gasteiger partial charge on any atom is -0.444 e. The molecule has 1 aliphatic heterocycles. The van der Waals surface area contributed by atoms with Crippen molar-refractivity contribution < 1.29 is 9.53 Å². The summed E-state index contributed by atoms with van der Waals surface area (Å²) in [5, 5.41) is 15.0. The Kier molecular flexibility index (Phi) is 7.19. The Morgan fingerprint density at radius 1 is 1.18 bits per heavy atom. The van der Waals surface area contributed by atoms with Gasteiger partial charge < -0.3 is 31.4 Å². The number of nitriles is 1. The van der Waals surface area contributed by atoms with Gasteiger partial charge in [0.25, 0.3) is 5.56 Å². The van der Waals surface area contributed by atoms with Gasteiger partial charge >= 0.3 is 6.09 Å². The molecule has 13 nitrogen and oxygen atoms in total. The van der Waals surface area contributed by atoms with Crippen molar-refractivity contribution in [3.8, 4) is 6.07 Å². The van der Waals surface area contributed by atoms with Crippen LogP contribution >= 0.6 is 11.6 Å². The highest BCUT2D eigenvalue weighted by Crippen LogP contribution is 2.26. The number of aromatic nitrogens is 4. The first-order chi connectivity index (χ1) is 17.9. The number of nitrogens with two attached hydrogens (primary N) is 2. The van der Waals surface area contributed by atoms with Crippen molar-refractivity contribution in [2.45, 2.75) is 39.3 Å². The fraction of sp³-hybridized carbons (Fsp3) is 0.417. The highest BCUT2D eigenvalue weighted by atomic mass is 35.5. The van der Waals surface area contributed by atoms with E-state index in [1.54, 1.807) is 35.0 Å². The third-order valence-corrected chi connectivity index (χ3v) is 6.16. The first-order valence-electron chi connectivity index (χ1n) is 11.9. The lowest BCUT2D eigenvalue weighted by molar-refractivity contribution is 0.0231. The van der Waals surface area contributed by atoms with Crippen LogP contribution < -0.4 is 27.4 Å². The normalized spacial score (nSPS) is 14.7. The van der Waals surface area contributed by atoms with Crippen molar-refractivity contribution in [2.75, 3.05) is 48.0 Å². The molecule has 0 spiro atoms. The molecule has 200 valence electrons. The van der Waals surface area contributed by atoms with Crippen molar-refractivity contribution >= 4 is 46.2 Å². The number of fused-ring (bicyclic) bond motifs is 1. The summed E-state index contributed by atoms with van der Waals surface area (Å²) in [6.07, 6.45) is -0.414. The van der Waals surface area contributed by atoms with Gasteiger partial charge in [-0.2, -0.15) is 15.2 Å². The number of nitrogens with one attached hydrogen (secondary N) is 1. The molecule has 1 aliphatic rings. The van der Waals surface area contributed by atoms with Crippen LogP contribution in [0.5, 0.6) is 0 Å². The van der Waals surface area contributed by atoms with E-state index >= 15 is 0 Å². The Balaban J connectivity index is 1.73. The molecule has 0 aliphatic carbocycles. The van der Waals surface area contributed by atoms with Crippen molar-refractivity contribution in [2.24, 2.45) is 0 Å². The molecule has 4 rings (SSSR count). The smallest absolute Gasteiger partial charge is 0.410 e. The van der Waals surface area contributed by atoms with Crippen molar-refractivity contribution in [1.82, 2.24) is 24.5 Å². The number of carbonyl (C=O) groups excluding carboxylic acids is 1. The average molecular weight is 541 g/mol. The van der Waals surface area contributed by atoms with E-state index in [9.17, 15) is 14.9 Å². The number of nitrogen functional groups attached to an aromatic ring is 2. The SMILES string of the molecule is C[C@H](Nc1nc(N)nc(N)c1C#N)c1nc2cccc(Cl)c2c(=O)n1N1CCN(C(=O)OC(C)(C)C)CC1. The predicted octanol–water partition coefficient (Wildman–Crippen LogP) is 2.24. The molecule has 14 heteroatoms. The highest BCUT2D eigenvalue weighted by Gasteiger charge is 2.29. The molecule has 2 aromatic heterocycles. The van der Waals surface area contributed by atoms with Gasteiger partial charge in [0.15, 0.2) is 11.6 Å². The molecule has 0 radical (unpaired) electrons. The van der Waals surface area contributed by atoms with Gasteiger partial charge in [0.2, 0.25) is 5.95 Å². The summed E-state index contributed by atoms with van der Waals surface area (Å²) in [5.74, 6) is 0.288. The molecule has 1 aromatic carbocycles. The standard InChI is InChI=1S/C24H29ClN10O3/c1-13(29-19-14(12-26)18(27)31-22(28)32-19)20-30-16-7-5-6-15(25)17(16)21(36)35(20)34-10-8-33(9-11-34)23(37)38-24(2,3)4/h5-7,13H,8-11H2,1-4H3,(H5,27,28,29,31,32)/t13-/m0/s1. The van der Waals surface area contributed by atoms with Crippen LogP contribution in [0.15, 0.2) is 23.0 Å². The molecule has 1 fully saturated rings. The van der Waals surface area contributed by atoms with Gasteiger partial charge in [0.05, 0.1) is 35.1 Å². The third kappa shape index (κ3) is 5.35. The number of benzene rings is 1. The summed E-state index contributed by atoms with van der Waals surface area (Å²) in [5.41, 5.74) is 11.1. The maximum atomic E-state index is 13.8. The number of piperazine rings is 1. The van der Waals surface area contributed by atoms with E-state index in [1.165, 1.54) is 4.68 Å². The summed E-state index contributed by atoms with van der Waals surface area (Å²) in [6, 6.07) is 6.38. The summed E-state index contributed by atoms with van der Waals surface area (Å²) in [7, 11) is 0. The van der Waals surface area contributed by atoms with Crippen LogP contribution in [0.2, 0.25) is 5.02 Å². The second-order valence-corrected chi connectivity index (χ2v) is 10.2. The lowest BCUT2D eigenvalue weighted by Crippen LogP contribution is -2.57. The zero-order chi connectivity index (χ0) is 27.8. The topological polar surface area (TPSA) is 181 Å². The minimum absolute atomic E-state index is 0.0229. The van der Waals surface area contributed by atoms with E-state index < -0.39 is 17.7 Å². The number of hydrogen-bond donors (Lipinski definition) is 3. The molecule has 38 heavy (non-hydrogen) atoms. The Labute approximate surface area is 223 Å². The summed E-state index contributed by atoms with van der Waals surface area (Å²) in [6.45, 7) is 8.54. The Morgan fingerprint density at radius 3 is 2.50 bits per heavy atom. The van der Waals surface area contributed by atoms with Gasteiger partial charge in [-0.3, -0.25) is 4.79 Å². The van der Waals surface area contributed by atoms with E-state index in [0.29, 0.717) is 37.5 Å². The maximum absolute atomic E-state index is 13.8. The molecular weight excluding hydrogens is 512 g/mol. The van der Waals surface area contributed by atoms with Crippen LogP contribution in [0, 0.1) is 11.3 Å². The number of ether oxygens (including phenoxy) is 1. The largest absolute Gasteiger partial charge is 0.444 e. The fourth-order valence-corrected chi connectivity index (χ4v) is 4.39. The van der Waals surface area contributed by atoms with Crippen LogP contribution in [0.1, 0.15) is 45.1 Å².